The van der Waals surface area contributed by atoms with Crippen LogP contribution in [0.5, 0.6) is 0 Å². The SMILES string of the molecule is COC(=O)c1ccc(C(F)F)cc1NC(C)=O.COC(=O)c1ccc(C=O)cc1NC(C)=O. The minimum Gasteiger partial charge on any atom is -0.465 e. The van der Waals surface area contributed by atoms with Crippen LogP contribution < -0.4 is 10.6 Å². The summed E-state index contributed by atoms with van der Waals surface area (Å²) >= 11 is 0. The van der Waals surface area contributed by atoms with Gasteiger partial charge in [0, 0.05) is 25.0 Å². The van der Waals surface area contributed by atoms with E-state index in [-0.39, 0.29) is 34.0 Å². The van der Waals surface area contributed by atoms with Gasteiger partial charge in [-0.3, -0.25) is 14.4 Å². The first-order valence-corrected chi connectivity index (χ1v) is 9.27. The number of anilines is 2. The van der Waals surface area contributed by atoms with Crippen LogP contribution in [0.1, 0.15) is 56.9 Å². The first kappa shape index (κ1) is 26.9. The minimum absolute atomic E-state index is 0.0159. The molecule has 0 spiro atoms. The van der Waals surface area contributed by atoms with Gasteiger partial charge in [0.05, 0.1) is 36.7 Å². The Bertz CT molecular complexity index is 1060. The summed E-state index contributed by atoms with van der Waals surface area (Å²) in [5.41, 5.74) is 0.624. The van der Waals surface area contributed by atoms with E-state index in [9.17, 15) is 32.8 Å². The number of benzene rings is 2. The third-order valence-corrected chi connectivity index (χ3v) is 3.91. The largest absolute Gasteiger partial charge is 0.465 e. The number of rotatable bonds is 6. The predicted molar refractivity (Wildman–Crippen MR) is 115 cm³/mol. The van der Waals surface area contributed by atoms with Crippen LogP contribution in [0.25, 0.3) is 0 Å². The Morgan fingerprint density at radius 2 is 1.27 bits per heavy atom. The van der Waals surface area contributed by atoms with E-state index in [0.29, 0.717) is 11.8 Å². The van der Waals surface area contributed by atoms with Gasteiger partial charge in [-0.15, -0.1) is 0 Å². The maximum absolute atomic E-state index is 12.5. The summed E-state index contributed by atoms with van der Waals surface area (Å²) in [5, 5.41) is 4.78. The van der Waals surface area contributed by atoms with Gasteiger partial charge in [-0.25, -0.2) is 18.4 Å². The van der Waals surface area contributed by atoms with Crippen LogP contribution in [-0.4, -0.2) is 44.3 Å². The fourth-order valence-electron chi connectivity index (χ4n) is 2.49. The number of amides is 2. The molecular weight excluding hydrogens is 442 g/mol. The molecule has 0 unspecified atom stereocenters. The molecule has 0 aliphatic rings. The Kier molecular flexibility index (Phi) is 10.3. The number of nitrogens with one attached hydrogen (secondary N) is 2. The van der Waals surface area contributed by atoms with Crippen molar-refractivity contribution in [2.75, 3.05) is 24.9 Å². The highest BCUT2D eigenvalue weighted by molar-refractivity contribution is 6.02. The number of carbonyl (C=O) groups excluding carboxylic acids is 5. The molecule has 2 aromatic rings. The van der Waals surface area contributed by atoms with E-state index in [2.05, 4.69) is 20.1 Å². The summed E-state index contributed by atoms with van der Waals surface area (Å²) in [6.07, 6.45) is -2.04. The van der Waals surface area contributed by atoms with Crippen molar-refractivity contribution in [3.05, 3.63) is 58.7 Å². The minimum atomic E-state index is -2.67. The Morgan fingerprint density at radius 3 is 1.67 bits per heavy atom. The fourth-order valence-corrected chi connectivity index (χ4v) is 2.49. The molecule has 0 radical (unpaired) electrons. The Hall–Kier alpha value is -4.15. The van der Waals surface area contributed by atoms with Gasteiger partial charge in [-0.2, -0.15) is 0 Å². The van der Waals surface area contributed by atoms with Gasteiger partial charge in [-0.05, 0) is 24.3 Å². The van der Waals surface area contributed by atoms with Crippen molar-refractivity contribution in [3.63, 3.8) is 0 Å². The molecule has 2 aromatic carbocycles. The number of aldehydes is 1. The maximum atomic E-state index is 12.5. The van der Waals surface area contributed by atoms with Crippen LogP contribution in [0.3, 0.4) is 0 Å². The first-order chi connectivity index (χ1) is 15.5. The average Bonchev–Trinajstić information content (AvgIpc) is 2.77. The molecule has 2 amide bonds. The topological polar surface area (TPSA) is 128 Å². The molecule has 11 heteroatoms. The molecule has 176 valence electrons. The van der Waals surface area contributed by atoms with Gasteiger partial charge in [0.1, 0.15) is 6.29 Å². The zero-order valence-corrected chi connectivity index (χ0v) is 18.2. The number of esters is 2. The molecule has 0 fully saturated rings. The highest BCUT2D eigenvalue weighted by Crippen LogP contribution is 2.25. The molecule has 2 N–H and O–H groups in total. The van der Waals surface area contributed by atoms with Crippen molar-refractivity contribution >= 4 is 41.4 Å². The lowest BCUT2D eigenvalue weighted by atomic mass is 10.1. The quantitative estimate of drug-likeness (QED) is 0.494. The Balaban J connectivity index is 0.000000331. The van der Waals surface area contributed by atoms with Gasteiger partial charge in [0.15, 0.2) is 0 Å². The van der Waals surface area contributed by atoms with Crippen molar-refractivity contribution in [1.29, 1.82) is 0 Å². The molecule has 9 nitrogen and oxygen atoms in total. The van der Waals surface area contributed by atoms with Gasteiger partial charge < -0.3 is 20.1 Å². The van der Waals surface area contributed by atoms with Crippen LogP contribution in [0.4, 0.5) is 20.2 Å². The summed E-state index contributed by atoms with van der Waals surface area (Å²) < 4.78 is 34.0. The van der Waals surface area contributed by atoms with E-state index >= 15 is 0 Å². The van der Waals surface area contributed by atoms with Crippen LogP contribution >= 0.6 is 0 Å². The third kappa shape index (κ3) is 8.13. The van der Waals surface area contributed by atoms with Gasteiger partial charge >= 0.3 is 11.9 Å². The number of methoxy groups -OCH3 is 2. The Labute approximate surface area is 188 Å². The molecule has 2 rings (SSSR count). The van der Waals surface area contributed by atoms with Gasteiger partial charge in [-0.1, -0.05) is 12.1 Å². The summed E-state index contributed by atoms with van der Waals surface area (Å²) in [6, 6.07) is 7.69. The van der Waals surface area contributed by atoms with Crippen molar-refractivity contribution < 1.29 is 42.2 Å². The van der Waals surface area contributed by atoms with E-state index in [4.69, 9.17) is 0 Å². The number of alkyl halides is 2. The van der Waals surface area contributed by atoms with Crippen molar-refractivity contribution in [2.45, 2.75) is 20.3 Å². The smallest absolute Gasteiger partial charge is 0.339 e. The summed E-state index contributed by atoms with van der Waals surface area (Å²) in [6.45, 7) is 2.53. The second kappa shape index (κ2) is 12.6. The number of halogens is 2. The molecule has 0 atom stereocenters. The first-order valence-electron chi connectivity index (χ1n) is 9.27. The predicted octanol–water partition coefficient (Wildman–Crippen LogP) is 3.61. The molecule has 0 saturated heterocycles. The van der Waals surface area contributed by atoms with Gasteiger partial charge in [0.2, 0.25) is 11.8 Å². The molecular formula is C22H22F2N2O7. The van der Waals surface area contributed by atoms with E-state index in [1.807, 2.05) is 0 Å². The molecule has 0 aliphatic heterocycles. The lowest BCUT2D eigenvalue weighted by Crippen LogP contribution is -2.12. The zero-order valence-electron chi connectivity index (χ0n) is 18.2. The summed E-state index contributed by atoms with van der Waals surface area (Å²) in [4.78, 5) is 55.1. The van der Waals surface area contributed by atoms with Crippen LogP contribution in [0, 0.1) is 0 Å². The van der Waals surface area contributed by atoms with Crippen LogP contribution in [0.15, 0.2) is 36.4 Å². The lowest BCUT2D eigenvalue weighted by molar-refractivity contribution is -0.115. The van der Waals surface area contributed by atoms with E-state index in [0.717, 1.165) is 12.1 Å². The number of carbonyl (C=O) groups is 5. The highest BCUT2D eigenvalue weighted by atomic mass is 19.3. The molecule has 0 aliphatic carbocycles. The number of hydrogen-bond donors (Lipinski definition) is 2. The van der Waals surface area contributed by atoms with Crippen molar-refractivity contribution in [1.82, 2.24) is 0 Å². The average molecular weight is 464 g/mol. The molecule has 0 bridgehead atoms. The van der Waals surface area contributed by atoms with E-state index in [1.54, 1.807) is 0 Å². The second-order valence-electron chi connectivity index (χ2n) is 6.37. The van der Waals surface area contributed by atoms with E-state index in [1.165, 1.54) is 52.3 Å². The molecule has 33 heavy (non-hydrogen) atoms. The van der Waals surface area contributed by atoms with Crippen molar-refractivity contribution in [3.8, 4) is 0 Å². The third-order valence-electron chi connectivity index (χ3n) is 3.91. The number of hydrogen-bond acceptors (Lipinski definition) is 7. The maximum Gasteiger partial charge on any atom is 0.339 e. The summed E-state index contributed by atoms with van der Waals surface area (Å²) in [7, 11) is 2.41. The van der Waals surface area contributed by atoms with Gasteiger partial charge in [0.25, 0.3) is 6.43 Å². The highest BCUT2D eigenvalue weighted by Gasteiger charge is 2.16. The second-order valence-corrected chi connectivity index (χ2v) is 6.37. The van der Waals surface area contributed by atoms with Crippen LogP contribution in [-0.2, 0) is 19.1 Å². The number of ether oxygens (including phenoxy) is 2. The monoisotopic (exact) mass is 464 g/mol. The molecule has 0 heterocycles. The fraction of sp³-hybridized carbons (Fsp3) is 0.227. The standard InChI is InChI=1S/C11H11F2NO3.C11H11NO4/c1-6(15)14-9-5-7(10(12)13)3-4-8(9)11(16)17-2;1-7(14)12-10-5-8(6-13)3-4-9(10)11(15)16-2/h3-5,10H,1-2H3,(H,14,15);3-6H,1-2H3,(H,12,14). The molecule has 0 saturated carbocycles. The Morgan fingerprint density at radius 1 is 0.818 bits per heavy atom. The lowest BCUT2D eigenvalue weighted by Gasteiger charge is -2.10. The normalized spacial score (nSPS) is 9.79. The van der Waals surface area contributed by atoms with Crippen molar-refractivity contribution in [2.24, 2.45) is 0 Å². The summed E-state index contributed by atoms with van der Waals surface area (Å²) in [5.74, 6) is -2.05. The zero-order chi connectivity index (χ0) is 25.1. The van der Waals surface area contributed by atoms with E-state index < -0.39 is 24.3 Å². The van der Waals surface area contributed by atoms with Crippen LogP contribution in [0.2, 0.25) is 0 Å². The molecule has 0 aromatic heterocycles.